The Morgan fingerprint density at radius 2 is 2.31 bits per heavy atom. The van der Waals surface area contributed by atoms with Gasteiger partial charge in [0.25, 0.3) is 0 Å². The summed E-state index contributed by atoms with van der Waals surface area (Å²) in [5, 5.41) is 4.04. The minimum atomic E-state index is 0.819. The Morgan fingerprint density at radius 1 is 1.44 bits per heavy atom. The zero-order chi connectivity index (χ0) is 11.4. The van der Waals surface area contributed by atoms with E-state index < -0.39 is 0 Å². The average molecular weight is 252 g/mol. The number of hydrogen-bond donors (Lipinski definition) is 1. The number of nitrogens with zero attached hydrogens (tertiary/aromatic N) is 3. The maximum absolute atomic E-state index is 4.36. The molecule has 2 aromatic heterocycles. The smallest absolute Gasteiger partial charge is 0.176 e. The van der Waals surface area contributed by atoms with Crippen LogP contribution in [0.5, 0.6) is 0 Å². The monoisotopic (exact) mass is 252 g/mol. The van der Waals surface area contributed by atoms with E-state index in [4.69, 9.17) is 0 Å². The number of hydrogen-bond acceptors (Lipinski definition) is 6. The quantitative estimate of drug-likeness (QED) is 0.903. The molecule has 0 atom stereocenters. The molecule has 6 heteroatoms. The largest absolute Gasteiger partial charge is 0.316 e. The number of rotatable bonds is 4. The highest BCUT2D eigenvalue weighted by Crippen LogP contribution is 2.27. The molecule has 0 aliphatic heterocycles. The van der Waals surface area contributed by atoms with E-state index in [1.807, 2.05) is 26.2 Å². The van der Waals surface area contributed by atoms with Crippen molar-refractivity contribution in [3.63, 3.8) is 0 Å². The third kappa shape index (κ3) is 3.01. The van der Waals surface area contributed by atoms with Gasteiger partial charge in [0.05, 0.1) is 0 Å². The van der Waals surface area contributed by atoms with Crippen LogP contribution in [0.4, 0.5) is 0 Å². The van der Waals surface area contributed by atoms with Gasteiger partial charge in [-0.05, 0) is 48.9 Å². The minimum absolute atomic E-state index is 0.819. The fraction of sp³-hybridized carbons (Fsp3) is 0.300. The number of aryl methyl sites for hydroxylation is 1. The predicted octanol–water partition coefficient (Wildman–Crippen LogP) is 2.11. The Kier molecular flexibility index (Phi) is 3.87. The van der Waals surface area contributed by atoms with Crippen molar-refractivity contribution in [2.45, 2.75) is 22.8 Å². The summed E-state index contributed by atoms with van der Waals surface area (Å²) >= 11 is 2.96. The lowest BCUT2D eigenvalue weighted by Gasteiger charge is -2.00. The van der Waals surface area contributed by atoms with E-state index >= 15 is 0 Å². The molecule has 0 saturated carbocycles. The molecule has 0 amide bonds. The number of aromatic nitrogens is 3. The SMILES string of the molecule is CNCc1ccc(Sc2nc(C)ns2)nc1. The van der Waals surface area contributed by atoms with E-state index in [9.17, 15) is 0 Å². The van der Waals surface area contributed by atoms with Gasteiger partial charge in [0, 0.05) is 12.7 Å². The second kappa shape index (κ2) is 5.38. The molecule has 16 heavy (non-hydrogen) atoms. The predicted molar refractivity (Wildman–Crippen MR) is 65.8 cm³/mol. The summed E-state index contributed by atoms with van der Waals surface area (Å²) in [5.74, 6) is 0.819. The van der Waals surface area contributed by atoms with Crippen LogP contribution in [0, 0.1) is 6.92 Å². The summed E-state index contributed by atoms with van der Waals surface area (Å²) in [6.07, 6.45) is 1.88. The fourth-order valence-corrected chi connectivity index (χ4v) is 2.73. The van der Waals surface area contributed by atoms with Crippen LogP contribution in [0.1, 0.15) is 11.4 Å². The molecule has 2 aromatic rings. The lowest BCUT2D eigenvalue weighted by Crippen LogP contribution is -2.04. The van der Waals surface area contributed by atoms with Gasteiger partial charge in [-0.2, -0.15) is 4.37 Å². The summed E-state index contributed by atoms with van der Waals surface area (Å²) in [5.41, 5.74) is 1.18. The maximum Gasteiger partial charge on any atom is 0.176 e. The topological polar surface area (TPSA) is 50.7 Å². The van der Waals surface area contributed by atoms with Crippen molar-refractivity contribution in [1.29, 1.82) is 0 Å². The Bertz CT molecular complexity index is 452. The van der Waals surface area contributed by atoms with Gasteiger partial charge in [-0.3, -0.25) is 0 Å². The molecule has 0 aromatic carbocycles. The third-order valence-corrected chi connectivity index (χ3v) is 3.67. The molecule has 4 nitrogen and oxygen atoms in total. The lowest BCUT2D eigenvalue weighted by atomic mass is 10.3. The first-order valence-corrected chi connectivity index (χ1v) is 6.44. The molecular formula is C10H12N4S2. The average Bonchev–Trinajstić information content (AvgIpc) is 2.67. The van der Waals surface area contributed by atoms with Crippen molar-refractivity contribution >= 4 is 23.3 Å². The molecule has 0 aliphatic rings. The summed E-state index contributed by atoms with van der Waals surface area (Å²) in [7, 11) is 1.92. The van der Waals surface area contributed by atoms with Crippen LogP contribution in [0.15, 0.2) is 27.7 Å². The zero-order valence-corrected chi connectivity index (χ0v) is 10.7. The molecule has 2 heterocycles. The highest BCUT2D eigenvalue weighted by atomic mass is 32.2. The van der Waals surface area contributed by atoms with E-state index in [2.05, 4.69) is 25.7 Å². The molecule has 0 saturated heterocycles. The van der Waals surface area contributed by atoms with Crippen LogP contribution in [0.3, 0.4) is 0 Å². The van der Waals surface area contributed by atoms with Crippen molar-refractivity contribution in [3.8, 4) is 0 Å². The Balaban J connectivity index is 2.05. The van der Waals surface area contributed by atoms with Crippen LogP contribution >= 0.6 is 23.3 Å². The van der Waals surface area contributed by atoms with Gasteiger partial charge in [0.1, 0.15) is 10.9 Å². The van der Waals surface area contributed by atoms with Crippen molar-refractivity contribution < 1.29 is 0 Å². The standard InChI is InChI=1S/C10H12N4S2/c1-7-13-10(16-14-7)15-9-4-3-8(5-11-2)6-12-9/h3-4,6,11H,5H2,1-2H3. The van der Waals surface area contributed by atoms with Crippen LogP contribution in [-0.2, 0) is 6.54 Å². The first-order chi connectivity index (χ1) is 7.78. The first kappa shape index (κ1) is 11.5. The van der Waals surface area contributed by atoms with Gasteiger partial charge >= 0.3 is 0 Å². The van der Waals surface area contributed by atoms with E-state index in [1.54, 1.807) is 11.8 Å². The molecule has 84 valence electrons. The van der Waals surface area contributed by atoms with Crippen molar-refractivity contribution in [1.82, 2.24) is 19.7 Å². The van der Waals surface area contributed by atoms with E-state index in [1.165, 1.54) is 17.1 Å². The Hall–Kier alpha value is -0.980. The van der Waals surface area contributed by atoms with E-state index in [0.29, 0.717) is 0 Å². The van der Waals surface area contributed by atoms with Gasteiger partial charge in [-0.15, -0.1) is 0 Å². The molecule has 2 rings (SSSR count). The van der Waals surface area contributed by atoms with Crippen molar-refractivity contribution in [2.75, 3.05) is 7.05 Å². The molecule has 0 fully saturated rings. The highest BCUT2D eigenvalue weighted by molar-refractivity contribution is 8.00. The van der Waals surface area contributed by atoms with Gasteiger partial charge in [-0.25, -0.2) is 9.97 Å². The maximum atomic E-state index is 4.36. The molecule has 1 N–H and O–H groups in total. The molecule has 0 aliphatic carbocycles. The summed E-state index contributed by atoms with van der Waals surface area (Å²) < 4.78 is 5.07. The summed E-state index contributed by atoms with van der Waals surface area (Å²) in [6.45, 7) is 2.74. The molecule has 0 spiro atoms. The molecule has 0 unspecified atom stereocenters. The van der Waals surface area contributed by atoms with Crippen LogP contribution in [0.25, 0.3) is 0 Å². The van der Waals surface area contributed by atoms with E-state index in [-0.39, 0.29) is 0 Å². The fourth-order valence-electron chi connectivity index (χ4n) is 1.19. The Labute approximate surface area is 103 Å². The second-order valence-electron chi connectivity index (χ2n) is 3.24. The highest BCUT2D eigenvalue weighted by Gasteiger charge is 2.03. The van der Waals surface area contributed by atoms with Gasteiger partial charge in [0.2, 0.25) is 0 Å². The summed E-state index contributed by atoms with van der Waals surface area (Å²) in [4.78, 5) is 8.65. The molecule has 0 bridgehead atoms. The molecular weight excluding hydrogens is 240 g/mol. The van der Waals surface area contributed by atoms with Crippen molar-refractivity contribution in [2.24, 2.45) is 0 Å². The van der Waals surface area contributed by atoms with Gasteiger partial charge in [-0.1, -0.05) is 6.07 Å². The van der Waals surface area contributed by atoms with E-state index in [0.717, 1.165) is 21.7 Å². The van der Waals surface area contributed by atoms with Crippen molar-refractivity contribution in [3.05, 3.63) is 29.7 Å². The summed E-state index contributed by atoms with van der Waals surface area (Å²) in [6, 6.07) is 4.08. The first-order valence-electron chi connectivity index (χ1n) is 4.85. The second-order valence-corrected chi connectivity index (χ2v) is 5.26. The zero-order valence-electron chi connectivity index (χ0n) is 9.10. The lowest BCUT2D eigenvalue weighted by molar-refractivity contribution is 0.809. The third-order valence-electron chi connectivity index (χ3n) is 1.88. The van der Waals surface area contributed by atoms with Gasteiger partial charge < -0.3 is 5.32 Å². The molecule has 0 radical (unpaired) electrons. The van der Waals surface area contributed by atoms with Crippen LogP contribution < -0.4 is 5.32 Å². The normalized spacial score (nSPS) is 10.6. The minimum Gasteiger partial charge on any atom is -0.316 e. The Morgan fingerprint density at radius 3 is 2.88 bits per heavy atom. The number of pyridine rings is 1. The number of nitrogens with one attached hydrogen (secondary N) is 1. The van der Waals surface area contributed by atoms with Gasteiger partial charge in [0.15, 0.2) is 4.34 Å². The van der Waals surface area contributed by atoms with Crippen LogP contribution in [-0.4, -0.2) is 21.4 Å². The van der Waals surface area contributed by atoms with Crippen LogP contribution in [0.2, 0.25) is 0 Å².